The van der Waals surface area contributed by atoms with E-state index in [1.165, 1.54) is 0 Å². The summed E-state index contributed by atoms with van der Waals surface area (Å²) in [7, 11) is 0. The lowest BCUT2D eigenvalue weighted by molar-refractivity contribution is -0.144. The van der Waals surface area contributed by atoms with Gasteiger partial charge in [-0.2, -0.15) is 0 Å². The Hall–Kier alpha value is -5.59. The number of primary amides is 4. The maximum atomic E-state index is 13.4. The summed E-state index contributed by atoms with van der Waals surface area (Å²) in [5, 5.41) is 18.3. The summed E-state index contributed by atoms with van der Waals surface area (Å²) in [4.78, 5) is 109. The van der Waals surface area contributed by atoms with Gasteiger partial charge in [0.15, 0.2) is 0 Å². The second kappa shape index (κ2) is 18.9. The number of carboxylic acids is 1. The molecule has 0 spiro atoms. The van der Waals surface area contributed by atoms with Gasteiger partial charge in [0.1, 0.15) is 24.2 Å². The van der Waals surface area contributed by atoms with Gasteiger partial charge in [0, 0.05) is 19.3 Å². The molecule has 0 bridgehead atoms. The highest BCUT2D eigenvalue weighted by molar-refractivity contribution is 5.97. The highest BCUT2D eigenvalue weighted by Crippen LogP contribution is 2.07. The Bertz CT molecular complexity index is 1310. The number of nitrogens with two attached hydrogens (primary N) is 5. The number of carbonyl (C=O) groups excluding carboxylic acids is 8. The monoisotopic (exact) mass is 649 g/mol. The van der Waals surface area contributed by atoms with Crippen molar-refractivity contribution < 1.29 is 48.3 Å². The van der Waals surface area contributed by atoms with E-state index < -0.39 is 109 Å². The van der Waals surface area contributed by atoms with Gasteiger partial charge in [-0.3, -0.25) is 38.4 Å². The normalized spacial score (nSPS) is 13.8. The molecule has 0 fully saturated rings. The van der Waals surface area contributed by atoms with Gasteiger partial charge in [-0.15, -0.1) is 0 Å². The van der Waals surface area contributed by atoms with Crippen molar-refractivity contribution in [1.29, 1.82) is 0 Å². The van der Waals surface area contributed by atoms with Crippen molar-refractivity contribution in [1.82, 2.24) is 21.3 Å². The predicted octanol–water partition coefficient (Wildman–Crippen LogP) is -5.14. The van der Waals surface area contributed by atoms with Crippen LogP contribution in [-0.4, -0.2) is 88.5 Å². The van der Waals surface area contributed by atoms with Crippen molar-refractivity contribution in [3.05, 3.63) is 35.9 Å². The van der Waals surface area contributed by atoms with Crippen LogP contribution >= 0.6 is 0 Å². The van der Waals surface area contributed by atoms with Crippen LogP contribution in [0, 0.1) is 0 Å². The lowest BCUT2D eigenvalue weighted by atomic mass is 10.0. The Morgan fingerprint density at radius 3 is 1.52 bits per heavy atom. The van der Waals surface area contributed by atoms with Crippen molar-refractivity contribution >= 4 is 53.2 Å². The molecule has 0 saturated carbocycles. The average molecular weight is 650 g/mol. The van der Waals surface area contributed by atoms with Crippen LogP contribution in [-0.2, 0) is 49.6 Å². The van der Waals surface area contributed by atoms with Crippen molar-refractivity contribution in [3.8, 4) is 0 Å². The molecule has 15 N–H and O–H groups in total. The summed E-state index contributed by atoms with van der Waals surface area (Å²) in [5.41, 5.74) is 26.9. The Morgan fingerprint density at radius 1 is 0.565 bits per heavy atom. The van der Waals surface area contributed by atoms with E-state index in [9.17, 15) is 48.3 Å². The van der Waals surface area contributed by atoms with Gasteiger partial charge in [-0.05, 0) is 18.4 Å². The smallest absolute Gasteiger partial charge is 0.326 e. The molecule has 0 unspecified atom stereocenters. The fourth-order valence-electron chi connectivity index (χ4n) is 3.95. The van der Waals surface area contributed by atoms with Crippen LogP contribution in [0.1, 0.15) is 44.1 Å². The number of aliphatic carboxylic acids is 1. The summed E-state index contributed by atoms with van der Waals surface area (Å²) >= 11 is 0. The largest absolute Gasteiger partial charge is 0.480 e. The molecule has 1 aromatic rings. The third-order valence-corrected chi connectivity index (χ3v) is 6.32. The van der Waals surface area contributed by atoms with E-state index in [2.05, 4.69) is 16.0 Å². The number of rotatable bonds is 21. The van der Waals surface area contributed by atoms with Crippen molar-refractivity contribution in [3.63, 3.8) is 0 Å². The van der Waals surface area contributed by atoms with Crippen molar-refractivity contribution in [2.75, 3.05) is 0 Å². The molecule has 19 heteroatoms. The van der Waals surface area contributed by atoms with Gasteiger partial charge >= 0.3 is 5.97 Å². The lowest BCUT2D eigenvalue weighted by Crippen LogP contribution is -2.59. The van der Waals surface area contributed by atoms with E-state index in [0.717, 1.165) is 0 Å². The third kappa shape index (κ3) is 14.7. The molecule has 0 saturated heterocycles. The number of carboxylic acid groups (broad SMARTS) is 1. The number of hydrogen-bond donors (Lipinski definition) is 10. The summed E-state index contributed by atoms with van der Waals surface area (Å²) in [5.74, 6) is -9.39. The lowest BCUT2D eigenvalue weighted by Gasteiger charge is -2.26. The molecule has 46 heavy (non-hydrogen) atoms. The standard InChI is InChI=1S/C27H39N9O10/c28-14(6-8-19(29)37)23(41)34-16(10-13-4-2-1-3-5-13)25(43)35-17(11-21(31)39)26(44)33-15(7-9-20(30)38)24(42)36-18(27(45)46)12-22(32)40/h1-5,14-18H,6-12,28H2,(H2,29,37)(H2,30,38)(H2,31,39)(H2,32,40)(H,33,44)(H,34,41)(H,35,43)(H,36,42)(H,45,46)/t14-,15-,16-,17-,18-/m0/s1. The molecule has 0 aromatic heterocycles. The minimum Gasteiger partial charge on any atom is -0.480 e. The van der Waals surface area contributed by atoms with E-state index in [-0.39, 0.29) is 19.3 Å². The maximum absolute atomic E-state index is 13.4. The molecular formula is C27H39N9O10. The van der Waals surface area contributed by atoms with E-state index in [4.69, 9.17) is 28.7 Å². The Morgan fingerprint density at radius 2 is 1.00 bits per heavy atom. The van der Waals surface area contributed by atoms with Crippen LogP contribution in [0.5, 0.6) is 0 Å². The van der Waals surface area contributed by atoms with Gasteiger partial charge in [-0.25, -0.2) is 4.79 Å². The van der Waals surface area contributed by atoms with E-state index in [1.807, 2.05) is 5.32 Å². The number of amides is 8. The maximum Gasteiger partial charge on any atom is 0.326 e. The van der Waals surface area contributed by atoms with Crippen LogP contribution in [0.3, 0.4) is 0 Å². The van der Waals surface area contributed by atoms with Gasteiger partial charge < -0.3 is 55.0 Å². The molecule has 1 aromatic carbocycles. The Labute approximate surface area is 262 Å². The molecule has 0 heterocycles. The zero-order valence-corrected chi connectivity index (χ0v) is 24.7. The quantitative estimate of drug-likeness (QED) is 0.0600. The Kier molecular flexibility index (Phi) is 15.8. The zero-order chi connectivity index (χ0) is 35.0. The highest BCUT2D eigenvalue weighted by atomic mass is 16.4. The summed E-state index contributed by atoms with van der Waals surface area (Å²) in [6, 6.07) is 0.618. The van der Waals surface area contributed by atoms with E-state index in [0.29, 0.717) is 5.56 Å². The van der Waals surface area contributed by atoms with Crippen molar-refractivity contribution in [2.24, 2.45) is 28.7 Å². The Balaban J connectivity index is 3.25. The first-order chi connectivity index (χ1) is 21.5. The van der Waals surface area contributed by atoms with E-state index in [1.54, 1.807) is 30.3 Å². The minimum atomic E-state index is -1.78. The molecule has 0 aliphatic rings. The van der Waals surface area contributed by atoms with Crippen LogP contribution in [0.2, 0.25) is 0 Å². The SMILES string of the molecule is NC(=O)CC[C@H](NC(=O)[C@H](CC(N)=O)NC(=O)[C@H](Cc1ccccc1)NC(=O)[C@@H](N)CCC(N)=O)C(=O)N[C@@H](CC(N)=O)C(=O)O. The second-order valence-electron chi connectivity index (χ2n) is 10.2. The molecule has 19 nitrogen and oxygen atoms in total. The number of hydrogen-bond acceptors (Lipinski definition) is 10. The summed E-state index contributed by atoms with van der Waals surface area (Å²) in [6.07, 6.45) is -2.91. The fourth-order valence-corrected chi connectivity index (χ4v) is 3.95. The molecule has 0 aliphatic heterocycles. The van der Waals surface area contributed by atoms with Gasteiger partial charge in [0.25, 0.3) is 0 Å². The fraction of sp³-hybridized carbons (Fsp3) is 0.444. The molecule has 0 aliphatic carbocycles. The summed E-state index contributed by atoms with van der Waals surface area (Å²) in [6.45, 7) is 0. The van der Waals surface area contributed by atoms with Gasteiger partial charge in [0.05, 0.1) is 18.9 Å². The van der Waals surface area contributed by atoms with Gasteiger partial charge in [-0.1, -0.05) is 30.3 Å². The average Bonchev–Trinajstić information content (AvgIpc) is 2.96. The van der Waals surface area contributed by atoms with Crippen LogP contribution < -0.4 is 49.9 Å². The number of benzene rings is 1. The first kappa shape index (κ1) is 38.4. The topological polar surface area (TPSA) is 352 Å². The molecule has 0 radical (unpaired) electrons. The molecule has 5 atom stereocenters. The zero-order valence-electron chi connectivity index (χ0n) is 24.7. The third-order valence-electron chi connectivity index (χ3n) is 6.32. The first-order valence-electron chi connectivity index (χ1n) is 13.9. The van der Waals surface area contributed by atoms with Crippen LogP contribution in [0.15, 0.2) is 30.3 Å². The van der Waals surface area contributed by atoms with Crippen LogP contribution in [0.4, 0.5) is 0 Å². The summed E-state index contributed by atoms with van der Waals surface area (Å²) < 4.78 is 0. The van der Waals surface area contributed by atoms with Crippen molar-refractivity contribution in [2.45, 2.75) is 75.2 Å². The van der Waals surface area contributed by atoms with E-state index >= 15 is 0 Å². The molecule has 8 amide bonds. The molecular weight excluding hydrogens is 610 g/mol. The molecule has 252 valence electrons. The first-order valence-corrected chi connectivity index (χ1v) is 13.9. The second-order valence-corrected chi connectivity index (χ2v) is 10.2. The predicted molar refractivity (Wildman–Crippen MR) is 158 cm³/mol. The minimum absolute atomic E-state index is 0.105. The van der Waals surface area contributed by atoms with Gasteiger partial charge in [0.2, 0.25) is 47.3 Å². The number of carbonyl (C=O) groups is 9. The van der Waals surface area contributed by atoms with Crippen LogP contribution in [0.25, 0.3) is 0 Å². The highest BCUT2D eigenvalue weighted by Gasteiger charge is 2.33. The molecule has 1 rings (SSSR count). The number of nitrogens with one attached hydrogen (secondary N) is 4.